The number of rotatable bonds is 4. The number of benzene rings is 2. The number of hydrogen-bond acceptors (Lipinski definition) is 3. The molecule has 2 aromatic rings. The molecule has 2 aliphatic heterocycles. The fourth-order valence-electron chi connectivity index (χ4n) is 3.38. The molecule has 6 heteroatoms. The largest absolute Gasteiger partial charge is 0.354 e. The topological polar surface area (TPSA) is 49.4 Å². The Morgan fingerprint density at radius 1 is 1.20 bits per heavy atom. The first kappa shape index (κ1) is 16.1. The zero-order chi connectivity index (χ0) is 17.4. The van der Waals surface area contributed by atoms with E-state index in [2.05, 4.69) is 5.32 Å². The molecule has 0 bridgehead atoms. The third-order valence-corrected chi connectivity index (χ3v) is 5.95. The summed E-state index contributed by atoms with van der Waals surface area (Å²) in [7, 11) is 0. The molecule has 2 amide bonds. The first-order chi connectivity index (χ1) is 12.2. The molecule has 4 rings (SSSR count). The van der Waals surface area contributed by atoms with Gasteiger partial charge in [-0.15, -0.1) is 11.8 Å². The zero-order valence-electron chi connectivity index (χ0n) is 13.4. The number of thioether (sulfide) groups is 1. The molecule has 1 fully saturated rings. The third-order valence-electron chi connectivity index (χ3n) is 4.65. The Morgan fingerprint density at radius 3 is 2.80 bits per heavy atom. The Labute approximate surface area is 149 Å². The molecule has 1 saturated heterocycles. The number of fused-ring (bicyclic) bond motifs is 3. The predicted octanol–water partition coefficient (Wildman–Crippen LogP) is 2.75. The van der Waals surface area contributed by atoms with E-state index < -0.39 is 6.04 Å². The lowest BCUT2D eigenvalue weighted by molar-refractivity contribution is -0.124. The number of nitrogens with zero attached hydrogens (tertiary/aromatic N) is 1. The van der Waals surface area contributed by atoms with Crippen molar-refractivity contribution in [1.82, 2.24) is 10.2 Å². The summed E-state index contributed by atoms with van der Waals surface area (Å²) >= 11 is 1.61. The molecule has 4 nitrogen and oxygen atoms in total. The van der Waals surface area contributed by atoms with Gasteiger partial charge in [0.25, 0.3) is 5.91 Å². The van der Waals surface area contributed by atoms with Gasteiger partial charge in [-0.3, -0.25) is 9.59 Å². The van der Waals surface area contributed by atoms with Crippen molar-refractivity contribution >= 4 is 23.6 Å². The van der Waals surface area contributed by atoms with Crippen LogP contribution in [0.2, 0.25) is 0 Å². The predicted molar refractivity (Wildman–Crippen MR) is 94.7 cm³/mol. The Morgan fingerprint density at radius 2 is 1.96 bits per heavy atom. The summed E-state index contributed by atoms with van der Waals surface area (Å²) in [5, 5.41) is 2.77. The van der Waals surface area contributed by atoms with Gasteiger partial charge in [0.1, 0.15) is 17.2 Å². The van der Waals surface area contributed by atoms with Gasteiger partial charge in [0, 0.05) is 17.9 Å². The van der Waals surface area contributed by atoms with E-state index in [0.29, 0.717) is 29.8 Å². The van der Waals surface area contributed by atoms with E-state index >= 15 is 0 Å². The molecule has 2 heterocycles. The number of halogens is 1. The number of nitrogens with one attached hydrogen (secondary N) is 1. The fraction of sp³-hybridized carbons (Fsp3) is 0.263. The van der Waals surface area contributed by atoms with Gasteiger partial charge >= 0.3 is 0 Å². The van der Waals surface area contributed by atoms with E-state index in [1.54, 1.807) is 34.9 Å². The Hall–Kier alpha value is -2.34. The molecule has 2 aromatic carbocycles. The van der Waals surface area contributed by atoms with E-state index in [-0.39, 0.29) is 23.0 Å². The summed E-state index contributed by atoms with van der Waals surface area (Å²) in [5.74, 6) is 0.0572. The molecule has 2 aliphatic rings. The van der Waals surface area contributed by atoms with Crippen LogP contribution in [0.4, 0.5) is 4.39 Å². The molecule has 2 atom stereocenters. The van der Waals surface area contributed by atoms with E-state index in [4.69, 9.17) is 0 Å². The second-order valence-corrected chi connectivity index (χ2v) is 7.25. The van der Waals surface area contributed by atoms with E-state index in [9.17, 15) is 14.0 Å². The SMILES string of the molecule is O=C(NCCc1ccccc1F)[C@@H]1CS[C@@H]2c3ccccc3C(=O)N21. The highest BCUT2D eigenvalue weighted by Gasteiger charge is 2.48. The van der Waals surface area contributed by atoms with Crippen LogP contribution in [0, 0.1) is 5.82 Å². The third kappa shape index (κ3) is 2.80. The van der Waals surface area contributed by atoms with E-state index in [0.717, 1.165) is 5.56 Å². The number of carbonyl (C=O) groups excluding carboxylic acids is 2. The minimum Gasteiger partial charge on any atom is -0.354 e. The molecule has 25 heavy (non-hydrogen) atoms. The highest BCUT2D eigenvalue weighted by Crippen LogP contribution is 2.47. The van der Waals surface area contributed by atoms with Crippen molar-refractivity contribution in [2.24, 2.45) is 0 Å². The average molecular weight is 356 g/mol. The van der Waals surface area contributed by atoms with Gasteiger partial charge in [0.2, 0.25) is 5.91 Å². The van der Waals surface area contributed by atoms with Crippen molar-refractivity contribution in [3.05, 3.63) is 71.0 Å². The summed E-state index contributed by atoms with van der Waals surface area (Å²) in [4.78, 5) is 26.8. The molecule has 0 unspecified atom stereocenters. The van der Waals surface area contributed by atoms with Crippen molar-refractivity contribution < 1.29 is 14.0 Å². The first-order valence-electron chi connectivity index (χ1n) is 8.21. The molecule has 0 saturated carbocycles. The minimum atomic E-state index is -0.476. The van der Waals surface area contributed by atoms with Crippen molar-refractivity contribution in [1.29, 1.82) is 0 Å². The summed E-state index contributed by atoms with van der Waals surface area (Å²) in [6.45, 7) is 0.348. The fourth-order valence-corrected chi connectivity index (χ4v) is 4.85. The van der Waals surface area contributed by atoms with Crippen LogP contribution in [-0.2, 0) is 11.2 Å². The highest BCUT2D eigenvalue weighted by molar-refractivity contribution is 7.99. The van der Waals surface area contributed by atoms with Gasteiger partial charge in [-0.25, -0.2) is 4.39 Å². The molecular weight excluding hydrogens is 339 g/mol. The lowest BCUT2D eigenvalue weighted by Crippen LogP contribution is -2.46. The van der Waals surface area contributed by atoms with Gasteiger partial charge in [-0.2, -0.15) is 0 Å². The van der Waals surface area contributed by atoms with Crippen molar-refractivity contribution in [3.63, 3.8) is 0 Å². The Bertz CT molecular complexity index is 842. The standard InChI is InChI=1S/C19H17FN2O2S/c20-15-8-4-1-5-12(15)9-10-21-17(23)16-11-25-19-14-7-3-2-6-13(14)18(24)22(16)19/h1-8,16,19H,9-11H2,(H,21,23)/t16-,19+/m0/s1. The van der Waals surface area contributed by atoms with Crippen LogP contribution >= 0.6 is 11.8 Å². The quantitative estimate of drug-likeness (QED) is 0.916. The van der Waals surface area contributed by atoms with Crippen molar-refractivity contribution in [2.75, 3.05) is 12.3 Å². The normalized spacial score (nSPS) is 21.2. The van der Waals surface area contributed by atoms with Gasteiger partial charge in [-0.05, 0) is 29.7 Å². The lowest BCUT2D eigenvalue weighted by atomic mass is 10.1. The van der Waals surface area contributed by atoms with Crippen LogP contribution in [0.25, 0.3) is 0 Å². The van der Waals surface area contributed by atoms with Crippen LogP contribution in [-0.4, -0.2) is 35.1 Å². The monoisotopic (exact) mass is 356 g/mol. The zero-order valence-corrected chi connectivity index (χ0v) is 14.3. The van der Waals surface area contributed by atoms with Crippen LogP contribution in [0.3, 0.4) is 0 Å². The maximum Gasteiger partial charge on any atom is 0.256 e. The summed E-state index contributed by atoms with van der Waals surface area (Å²) < 4.78 is 13.6. The molecule has 128 valence electrons. The van der Waals surface area contributed by atoms with Gasteiger partial charge < -0.3 is 10.2 Å². The van der Waals surface area contributed by atoms with Crippen LogP contribution in [0.15, 0.2) is 48.5 Å². The molecule has 0 spiro atoms. The Kier molecular flexibility index (Phi) is 4.21. The van der Waals surface area contributed by atoms with Gasteiger partial charge in [0.05, 0.1) is 0 Å². The van der Waals surface area contributed by atoms with Crippen molar-refractivity contribution in [2.45, 2.75) is 17.8 Å². The number of amides is 2. The average Bonchev–Trinajstić information content (AvgIpc) is 3.17. The first-order valence-corrected chi connectivity index (χ1v) is 9.26. The van der Waals surface area contributed by atoms with Gasteiger partial charge in [0.15, 0.2) is 0 Å². The van der Waals surface area contributed by atoms with Crippen LogP contribution < -0.4 is 5.32 Å². The second-order valence-electron chi connectivity index (χ2n) is 6.13. The number of carbonyl (C=O) groups is 2. The summed E-state index contributed by atoms with van der Waals surface area (Å²) in [6.07, 6.45) is 0.426. The second kappa shape index (κ2) is 6.52. The number of hydrogen-bond donors (Lipinski definition) is 1. The maximum atomic E-state index is 13.6. The molecule has 0 aromatic heterocycles. The molecule has 0 radical (unpaired) electrons. The lowest BCUT2D eigenvalue weighted by Gasteiger charge is -2.22. The molecular formula is C19H17FN2O2S. The minimum absolute atomic E-state index is 0.0778. The maximum absolute atomic E-state index is 13.6. The van der Waals surface area contributed by atoms with Crippen LogP contribution in [0.5, 0.6) is 0 Å². The summed E-state index contributed by atoms with van der Waals surface area (Å²) in [6, 6.07) is 13.6. The molecule has 1 N–H and O–H groups in total. The molecule has 0 aliphatic carbocycles. The van der Waals surface area contributed by atoms with E-state index in [1.807, 2.05) is 24.3 Å². The smallest absolute Gasteiger partial charge is 0.256 e. The Balaban J connectivity index is 1.41. The van der Waals surface area contributed by atoms with E-state index in [1.165, 1.54) is 6.07 Å². The van der Waals surface area contributed by atoms with Crippen LogP contribution in [0.1, 0.15) is 26.9 Å². The highest BCUT2D eigenvalue weighted by atomic mass is 32.2. The van der Waals surface area contributed by atoms with Crippen molar-refractivity contribution in [3.8, 4) is 0 Å². The summed E-state index contributed by atoms with van der Waals surface area (Å²) in [5.41, 5.74) is 2.24. The van der Waals surface area contributed by atoms with Gasteiger partial charge in [-0.1, -0.05) is 36.4 Å².